The van der Waals surface area contributed by atoms with Gasteiger partial charge in [-0.15, -0.1) is 0 Å². The predicted octanol–water partition coefficient (Wildman–Crippen LogP) is 2.63. The third-order valence-electron chi connectivity index (χ3n) is 5.82. The van der Waals surface area contributed by atoms with Crippen molar-refractivity contribution in [1.82, 2.24) is 19.9 Å². The maximum Gasteiger partial charge on any atom is 0.273 e. The summed E-state index contributed by atoms with van der Waals surface area (Å²) in [6.45, 7) is 6.45. The van der Waals surface area contributed by atoms with Crippen LogP contribution in [-0.2, 0) is 16.1 Å². The summed E-state index contributed by atoms with van der Waals surface area (Å²) in [5.41, 5.74) is 0.697. The molecule has 3 heterocycles. The fourth-order valence-electron chi connectivity index (χ4n) is 3.96. The van der Waals surface area contributed by atoms with E-state index in [4.69, 9.17) is 4.74 Å². The highest BCUT2D eigenvalue weighted by Crippen LogP contribution is 2.29. The lowest BCUT2D eigenvalue weighted by atomic mass is 9.96. The van der Waals surface area contributed by atoms with Crippen LogP contribution in [0.25, 0.3) is 10.3 Å². The Bertz CT molecular complexity index is 1230. The number of aromatic nitrogens is 3. The summed E-state index contributed by atoms with van der Waals surface area (Å²) >= 11 is 1.28. The van der Waals surface area contributed by atoms with Crippen molar-refractivity contribution in [2.24, 2.45) is 5.92 Å². The van der Waals surface area contributed by atoms with E-state index in [1.807, 2.05) is 13.8 Å². The molecule has 1 aliphatic heterocycles. The second-order valence-corrected chi connectivity index (χ2v) is 9.36. The normalized spacial score (nSPS) is 14.2. The highest BCUT2D eigenvalue weighted by Gasteiger charge is 2.26. The Balaban J connectivity index is 1.39. The minimum atomic E-state index is -0.328. The Kier molecular flexibility index (Phi) is 7.96. The van der Waals surface area contributed by atoms with E-state index in [0.29, 0.717) is 47.4 Å². The first-order valence-corrected chi connectivity index (χ1v) is 12.7. The number of piperidine rings is 1. The molecule has 0 spiro atoms. The summed E-state index contributed by atoms with van der Waals surface area (Å²) in [6.07, 6.45) is 3.77. The van der Waals surface area contributed by atoms with Gasteiger partial charge in [0.25, 0.3) is 5.56 Å². The minimum absolute atomic E-state index is 0.0106. The van der Waals surface area contributed by atoms with Gasteiger partial charge in [-0.3, -0.25) is 19.0 Å². The Hall–Kier alpha value is -3.47. The average Bonchev–Trinajstić information content (AvgIpc) is 3.31. The molecule has 1 saturated heterocycles. The van der Waals surface area contributed by atoms with E-state index in [1.165, 1.54) is 22.2 Å². The van der Waals surface area contributed by atoms with E-state index < -0.39 is 0 Å². The molecule has 2 amide bonds. The van der Waals surface area contributed by atoms with Crippen molar-refractivity contribution in [3.05, 3.63) is 40.9 Å². The van der Waals surface area contributed by atoms with Gasteiger partial charge in [0.1, 0.15) is 23.3 Å². The van der Waals surface area contributed by atoms with Gasteiger partial charge < -0.3 is 20.3 Å². The molecule has 1 aliphatic rings. The van der Waals surface area contributed by atoms with Crippen molar-refractivity contribution >= 4 is 44.3 Å². The van der Waals surface area contributed by atoms with Crippen LogP contribution in [0.15, 0.2) is 35.4 Å². The van der Waals surface area contributed by atoms with Crippen molar-refractivity contribution < 1.29 is 14.3 Å². The molecule has 1 fully saturated rings. The maximum absolute atomic E-state index is 13.0. The van der Waals surface area contributed by atoms with E-state index in [9.17, 15) is 14.4 Å². The molecule has 2 aromatic heterocycles. The predicted molar refractivity (Wildman–Crippen MR) is 136 cm³/mol. The smallest absolute Gasteiger partial charge is 0.273 e. The van der Waals surface area contributed by atoms with E-state index in [1.54, 1.807) is 24.3 Å². The van der Waals surface area contributed by atoms with Crippen LogP contribution in [0, 0.1) is 5.92 Å². The Morgan fingerprint density at radius 1 is 1.17 bits per heavy atom. The molecule has 10 nitrogen and oxygen atoms in total. The Morgan fingerprint density at radius 2 is 1.91 bits per heavy atom. The number of nitrogens with zero attached hydrogens (tertiary/aromatic N) is 4. The zero-order chi connectivity index (χ0) is 24.8. The van der Waals surface area contributed by atoms with Gasteiger partial charge >= 0.3 is 0 Å². The number of thiazole rings is 1. The molecule has 0 bridgehead atoms. The number of nitrogens with one attached hydrogen (secondary N) is 2. The standard InChI is InChI=1S/C24H30N6O4S/c1-3-11-25-22(32)16-9-12-29(13-10-16)24-28-21-20(35-24)23(33)30(15-26-21)14-19(31)27-17-5-7-18(8-6-17)34-4-2/h5-8,15-16H,3-4,9-14H2,1-2H3,(H,25,32)(H,27,31). The molecular weight excluding hydrogens is 468 g/mol. The lowest BCUT2D eigenvalue weighted by molar-refractivity contribution is -0.125. The number of benzene rings is 1. The summed E-state index contributed by atoms with van der Waals surface area (Å²) in [5.74, 6) is 0.521. The number of fused-ring (bicyclic) bond motifs is 1. The Morgan fingerprint density at radius 3 is 2.60 bits per heavy atom. The zero-order valence-electron chi connectivity index (χ0n) is 20.0. The monoisotopic (exact) mass is 498 g/mol. The van der Waals surface area contributed by atoms with Crippen molar-refractivity contribution in [3.63, 3.8) is 0 Å². The number of ether oxygens (including phenoxy) is 1. The molecule has 35 heavy (non-hydrogen) atoms. The van der Waals surface area contributed by atoms with Crippen LogP contribution in [0.4, 0.5) is 10.8 Å². The molecule has 4 rings (SSSR count). The van der Waals surface area contributed by atoms with Gasteiger partial charge in [-0.05, 0) is 50.5 Å². The highest BCUT2D eigenvalue weighted by atomic mass is 32.1. The van der Waals surface area contributed by atoms with Gasteiger partial charge in [0.05, 0.1) is 6.61 Å². The number of carbonyl (C=O) groups excluding carboxylic acids is 2. The molecule has 0 radical (unpaired) electrons. The summed E-state index contributed by atoms with van der Waals surface area (Å²) in [5, 5.41) is 6.47. The Labute approximate surface area is 207 Å². The fourth-order valence-corrected chi connectivity index (χ4v) is 4.99. The SMILES string of the molecule is CCCNC(=O)C1CCN(c2nc3ncn(CC(=O)Nc4ccc(OCC)cc4)c(=O)c3s2)CC1. The lowest BCUT2D eigenvalue weighted by Crippen LogP contribution is -2.40. The largest absolute Gasteiger partial charge is 0.494 e. The quantitative estimate of drug-likeness (QED) is 0.466. The maximum atomic E-state index is 13.0. The molecule has 0 atom stereocenters. The average molecular weight is 499 g/mol. The third-order valence-corrected chi connectivity index (χ3v) is 6.91. The van der Waals surface area contributed by atoms with Gasteiger partial charge in [-0.2, -0.15) is 4.98 Å². The number of amides is 2. The van der Waals surface area contributed by atoms with Gasteiger partial charge in [-0.25, -0.2) is 4.98 Å². The molecule has 3 aromatic rings. The molecule has 2 N–H and O–H groups in total. The van der Waals surface area contributed by atoms with E-state index in [2.05, 4.69) is 25.5 Å². The van der Waals surface area contributed by atoms with Gasteiger partial charge in [0.2, 0.25) is 11.8 Å². The van der Waals surface area contributed by atoms with E-state index >= 15 is 0 Å². The van der Waals surface area contributed by atoms with Crippen LogP contribution < -0.4 is 25.8 Å². The number of rotatable bonds is 9. The minimum Gasteiger partial charge on any atom is -0.494 e. The first-order valence-electron chi connectivity index (χ1n) is 11.9. The first kappa shape index (κ1) is 24.6. The van der Waals surface area contributed by atoms with Crippen LogP contribution in [0.5, 0.6) is 5.75 Å². The van der Waals surface area contributed by atoms with Crippen molar-refractivity contribution in [1.29, 1.82) is 0 Å². The van der Waals surface area contributed by atoms with Crippen LogP contribution in [0.3, 0.4) is 0 Å². The van der Waals surface area contributed by atoms with Gasteiger partial charge in [0.15, 0.2) is 10.8 Å². The first-order chi connectivity index (χ1) is 17.0. The number of hydrogen-bond donors (Lipinski definition) is 2. The topological polar surface area (TPSA) is 118 Å². The fraction of sp³-hybridized carbons (Fsp3) is 0.458. The molecule has 0 saturated carbocycles. The van der Waals surface area contributed by atoms with Gasteiger partial charge in [-0.1, -0.05) is 18.3 Å². The van der Waals surface area contributed by atoms with Gasteiger partial charge in [0, 0.05) is 31.2 Å². The van der Waals surface area contributed by atoms with E-state index in [-0.39, 0.29) is 29.8 Å². The van der Waals surface area contributed by atoms with Crippen molar-refractivity contribution in [2.75, 3.05) is 36.5 Å². The second kappa shape index (κ2) is 11.3. The summed E-state index contributed by atoms with van der Waals surface area (Å²) < 4.78 is 7.11. The molecule has 0 unspecified atom stereocenters. The lowest BCUT2D eigenvalue weighted by Gasteiger charge is -2.30. The van der Waals surface area contributed by atoms with Crippen LogP contribution in [0.2, 0.25) is 0 Å². The third kappa shape index (κ3) is 5.97. The second-order valence-electron chi connectivity index (χ2n) is 8.38. The van der Waals surface area contributed by atoms with Crippen LogP contribution in [-0.4, -0.2) is 52.6 Å². The summed E-state index contributed by atoms with van der Waals surface area (Å²) in [4.78, 5) is 48.7. The summed E-state index contributed by atoms with van der Waals surface area (Å²) in [7, 11) is 0. The summed E-state index contributed by atoms with van der Waals surface area (Å²) in [6, 6.07) is 7.05. The van der Waals surface area contributed by atoms with Crippen LogP contribution in [0.1, 0.15) is 33.1 Å². The number of carbonyl (C=O) groups is 2. The molecule has 1 aromatic carbocycles. The molecule has 0 aliphatic carbocycles. The number of hydrogen-bond acceptors (Lipinski definition) is 8. The van der Waals surface area contributed by atoms with E-state index in [0.717, 1.165) is 25.0 Å². The molecule has 186 valence electrons. The van der Waals surface area contributed by atoms with Crippen LogP contribution >= 0.6 is 11.3 Å². The molecular formula is C24H30N6O4S. The van der Waals surface area contributed by atoms with Crippen molar-refractivity contribution in [3.8, 4) is 5.75 Å². The number of anilines is 2. The molecule has 11 heteroatoms. The van der Waals surface area contributed by atoms with Crippen molar-refractivity contribution in [2.45, 2.75) is 39.7 Å². The highest BCUT2D eigenvalue weighted by molar-refractivity contribution is 7.22. The zero-order valence-corrected chi connectivity index (χ0v) is 20.8.